The van der Waals surface area contributed by atoms with Gasteiger partial charge in [0.25, 0.3) is 5.78 Å². The number of ether oxygens (including phenoxy) is 8. The van der Waals surface area contributed by atoms with Gasteiger partial charge < -0.3 is 47.7 Å². The van der Waals surface area contributed by atoms with Gasteiger partial charge in [0.05, 0.1) is 65.4 Å². The van der Waals surface area contributed by atoms with Crippen LogP contribution < -0.4 is 9.80 Å². The third-order valence-electron chi connectivity index (χ3n) is 12.3. The Morgan fingerprint density at radius 3 is 0.833 bits per heavy atom. The van der Waals surface area contributed by atoms with Gasteiger partial charge in [0.1, 0.15) is 19.8 Å². The molecule has 0 fully saturated rings. The van der Waals surface area contributed by atoms with Crippen molar-refractivity contribution in [3.05, 3.63) is 203 Å². The van der Waals surface area contributed by atoms with Gasteiger partial charge in [0.15, 0.2) is 6.61 Å². The minimum Gasteiger partial charge on any atom is -0.463 e. The van der Waals surface area contributed by atoms with E-state index in [1.54, 1.807) is 113 Å². The lowest BCUT2D eigenvalue weighted by Crippen LogP contribution is -2.24. The lowest BCUT2D eigenvalue weighted by Gasteiger charge is -2.28. The molecule has 434 valence electrons. The number of anilines is 6. The zero-order valence-electron chi connectivity index (χ0n) is 47.3. The molecule has 6 aromatic carbocycles. The molecule has 6 aromatic rings. The van der Waals surface area contributed by atoms with Crippen molar-refractivity contribution in [2.24, 2.45) is 0 Å². The first-order chi connectivity index (χ1) is 40.3. The Kier molecular flexibility index (Phi) is 22.3. The standard InChI is InChI=1S/C65H62N2O17/c1-10-77-58(69)42(7)36-81-61(72)45-14-24-51(25-15-45)66(52-26-16-46(17-27-52)62(73)82-37-43(8)59(70)78-11-2)55-32-22-49(34-40(55)5)50-23-33-56(41(6)35-50)67(53-28-18-47(19-29-53)63(74)83-38-44(9)60(71)79-12-3)54-30-20-48(21-31-54)64(75)84-39-57(68)65(76)80-13-4/h14-35H,7-13,36-39H2,1-6H3. The molecule has 0 aromatic heterocycles. The topological polar surface area (TPSA) is 234 Å². The maximum absolute atomic E-state index is 13.1. The Hall–Kier alpha value is -10.4. The largest absolute Gasteiger partial charge is 0.463 e. The van der Waals surface area contributed by atoms with Crippen LogP contribution in [-0.4, -0.2) is 106 Å². The molecule has 0 aliphatic heterocycles. The minimum absolute atomic E-state index is 0.0178. The monoisotopic (exact) mass is 1140 g/mol. The first kappa shape index (κ1) is 62.8. The van der Waals surface area contributed by atoms with E-state index >= 15 is 0 Å². The predicted molar refractivity (Wildman–Crippen MR) is 311 cm³/mol. The smallest absolute Gasteiger partial charge is 0.378 e. The molecule has 0 aliphatic rings. The summed E-state index contributed by atoms with van der Waals surface area (Å²) in [5.41, 5.74) is 7.84. The highest BCUT2D eigenvalue weighted by atomic mass is 16.6. The van der Waals surface area contributed by atoms with Crippen molar-refractivity contribution < 1.29 is 81.0 Å². The van der Waals surface area contributed by atoms with Crippen LogP contribution >= 0.6 is 0 Å². The molecule has 0 saturated heterocycles. The van der Waals surface area contributed by atoms with Crippen LogP contribution in [-0.2, 0) is 61.9 Å². The molecule has 19 nitrogen and oxygen atoms in total. The summed E-state index contributed by atoms with van der Waals surface area (Å²) in [6.07, 6.45) is 0. The van der Waals surface area contributed by atoms with Crippen LogP contribution in [0.2, 0.25) is 0 Å². The molecule has 0 spiro atoms. The van der Waals surface area contributed by atoms with Crippen molar-refractivity contribution in [3.63, 3.8) is 0 Å². The number of carbonyl (C=O) groups is 9. The van der Waals surface area contributed by atoms with Crippen LogP contribution in [0.3, 0.4) is 0 Å². The zero-order chi connectivity index (χ0) is 61.0. The zero-order valence-corrected chi connectivity index (χ0v) is 47.3. The molecule has 84 heavy (non-hydrogen) atoms. The van der Waals surface area contributed by atoms with E-state index in [4.69, 9.17) is 37.9 Å². The van der Waals surface area contributed by atoms with Gasteiger partial charge in [0.2, 0.25) is 0 Å². The molecular formula is C65H62N2O17. The van der Waals surface area contributed by atoms with E-state index in [-0.39, 0.29) is 85.2 Å². The highest BCUT2D eigenvalue weighted by Gasteiger charge is 2.23. The lowest BCUT2D eigenvalue weighted by molar-refractivity contribution is -0.154. The van der Waals surface area contributed by atoms with Gasteiger partial charge in [-0.2, -0.15) is 0 Å². The summed E-state index contributed by atoms with van der Waals surface area (Å²) in [5.74, 6) is -7.07. The number of esters is 8. The third kappa shape index (κ3) is 16.4. The van der Waals surface area contributed by atoms with Gasteiger partial charge in [-0.25, -0.2) is 38.4 Å². The van der Waals surface area contributed by atoms with Crippen LogP contribution in [0.5, 0.6) is 0 Å². The van der Waals surface area contributed by atoms with Gasteiger partial charge >= 0.3 is 47.8 Å². The second-order valence-corrected chi connectivity index (χ2v) is 18.3. The molecule has 0 heterocycles. The third-order valence-corrected chi connectivity index (χ3v) is 12.3. The van der Waals surface area contributed by atoms with Crippen LogP contribution in [0.15, 0.2) is 170 Å². The van der Waals surface area contributed by atoms with Crippen molar-refractivity contribution in [3.8, 4) is 11.1 Å². The van der Waals surface area contributed by atoms with Gasteiger partial charge in [-0.15, -0.1) is 0 Å². The average molecular weight is 1140 g/mol. The van der Waals surface area contributed by atoms with Gasteiger partial charge in [-0.3, -0.25) is 4.79 Å². The van der Waals surface area contributed by atoms with Gasteiger partial charge in [0, 0.05) is 34.1 Å². The number of benzene rings is 6. The number of Topliss-reactive ketones (excluding diaryl/α,β-unsaturated/α-hetero) is 1. The summed E-state index contributed by atoms with van der Waals surface area (Å²) in [6, 6.07) is 37.9. The van der Waals surface area contributed by atoms with Crippen molar-refractivity contribution in [2.45, 2.75) is 41.5 Å². The van der Waals surface area contributed by atoms with E-state index in [9.17, 15) is 43.2 Å². The maximum Gasteiger partial charge on any atom is 0.378 e. The SMILES string of the molecule is C=C(COC(=O)c1ccc(N(c2ccc(C(=O)OCC(=C)C(=O)OCC)cc2)c2ccc(-c3ccc(N(c4ccc(C(=O)OCC(=C)C(=O)OCC)cc4)c4ccc(C(=O)OCC(=O)C(=O)OCC)cc4)c(C)c3)cc2C)cc1)C(=O)OCC. The van der Waals surface area contributed by atoms with Gasteiger partial charge in [-0.1, -0.05) is 31.9 Å². The Balaban J connectivity index is 1.32. The number of rotatable bonds is 27. The summed E-state index contributed by atoms with van der Waals surface area (Å²) >= 11 is 0. The summed E-state index contributed by atoms with van der Waals surface area (Å²) in [6.45, 7) is 19.8. The molecule has 0 aliphatic carbocycles. The summed E-state index contributed by atoms with van der Waals surface area (Å²) in [5, 5.41) is 0. The van der Waals surface area contributed by atoms with E-state index in [0.717, 1.165) is 27.9 Å². The van der Waals surface area contributed by atoms with Crippen LogP contribution in [0, 0.1) is 13.8 Å². The molecule has 6 rings (SSSR count). The van der Waals surface area contributed by atoms with Crippen LogP contribution in [0.1, 0.15) is 80.3 Å². The average Bonchev–Trinajstić information content (AvgIpc) is 3.67. The van der Waals surface area contributed by atoms with Crippen molar-refractivity contribution >= 4 is 87.7 Å². The highest BCUT2D eigenvalue weighted by Crippen LogP contribution is 2.41. The Morgan fingerprint density at radius 2 is 0.583 bits per heavy atom. The van der Waals surface area contributed by atoms with E-state index in [0.29, 0.717) is 28.4 Å². The number of carbonyl (C=O) groups excluding carboxylic acids is 9. The Morgan fingerprint density at radius 1 is 0.333 bits per heavy atom. The molecule has 0 N–H and O–H groups in total. The predicted octanol–water partition coefficient (Wildman–Crippen LogP) is 11.0. The lowest BCUT2D eigenvalue weighted by atomic mass is 9.98. The van der Waals surface area contributed by atoms with E-state index in [1.165, 1.54) is 12.1 Å². The first-order valence-corrected chi connectivity index (χ1v) is 26.4. The summed E-state index contributed by atoms with van der Waals surface area (Å²) < 4.78 is 40.7. The molecule has 0 radical (unpaired) electrons. The number of nitrogens with zero attached hydrogens (tertiary/aromatic N) is 2. The minimum atomic E-state index is -1.11. The van der Waals surface area contributed by atoms with E-state index < -0.39 is 60.1 Å². The fourth-order valence-electron chi connectivity index (χ4n) is 8.08. The highest BCUT2D eigenvalue weighted by molar-refractivity contribution is 6.34. The molecule has 19 heteroatoms. The second kappa shape index (κ2) is 29.9. The Bertz CT molecular complexity index is 3070. The van der Waals surface area contributed by atoms with Crippen molar-refractivity contribution in [1.29, 1.82) is 0 Å². The molecule has 0 atom stereocenters. The molecule has 0 unspecified atom stereocenters. The quantitative estimate of drug-likeness (QED) is 0.0202. The van der Waals surface area contributed by atoms with Gasteiger partial charge in [-0.05, 0) is 185 Å². The number of hydrogen-bond acceptors (Lipinski definition) is 19. The fourth-order valence-corrected chi connectivity index (χ4v) is 8.08. The second-order valence-electron chi connectivity index (χ2n) is 18.3. The fraction of sp³-hybridized carbons (Fsp3) is 0.215. The van der Waals surface area contributed by atoms with Crippen molar-refractivity contribution in [2.75, 3.05) is 62.7 Å². The number of hydrogen-bond donors (Lipinski definition) is 0. The van der Waals surface area contributed by atoms with E-state index in [1.807, 2.05) is 60.0 Å². The number of aryl methyl sites for hydroxylation is 2. The van der Waals surface area contributed by atoms with Crippen LogP contribution in [0.4, 0.5) is 34.1 Å². The Labute approximate surface area is 485 Å². The number of ketones is 1. The maximum atomic E-state index is 13.1. The summed E-state index contributed by atoms with van der Waals surface area (Å²) in [4.78, 5) is 116. The molecule has 0 saturated carbocycles. The molecular weight excluding hydrogens is 1080 g/mol. The van der Waals surface area contributed by atoms with E-state index in [2.05, 4.69) is 19.7 Å². The van der Waals surface area contributed by atoms with Crippen LogP contribution in [0.25, 0.3) is 11.1 Å². The normalized spacial score (nSPS) is 10.5. The summed E-state index contributed by atoms with van der Waals surface area (Å²) in [7, 11) is 0. The van der Waals surface area contributed by atoms with Crippen molar-refractivity contribution in [1.82, 2.24) is 0 Å². The molecule has 0 bridgehead atoms. The molecule has 0 amide bonds. The first-order valence-electron chi connectivity index (χ1n) is 26.4.